The number of aliphatic hydroxyl groups is 1. The fraction of sp³-hybridized carbons (Fsp3) is 0.533. The van der Waals surface area contributed by atoms with Crippen LogP contribution < -0.4 is 0 Å². The molecule has 1 unspecified atom stereocenters. The van der Waals surface area contributed by atoms with Crippen molar-refractivity contribution in [2.45, 2.75) is 26.4 Å². The summed E-state index contributed by atoms with van der Waals surface area (Å²) in [6.45, 7) is 5.69. The van der Waals surface area contributed by atoms with E-state index >= 15 is 0 Å². The van der Waals surface area contributed by atoms with Gasteiger partial charge in [0, 0.05) is 13.1 Å². The maximum atomic E-state index is 12.2. The monoisotopic (exact) mass is 263 g/mol. The lowest BCUT2D eigenvalue weighted by Gasteiger charge is -2.32. The Morgan fingerprint density at radius 2 is 2.21 bits per heavy atom. The van der Waals surface area contributed by atoms with Gasteiger partial charge in [0.25, 0.3) is 0 Å². The maximum Gasteiger partial charge on any atom is 0.227 e. The van der Waals surface area contributed by atoms with Crippen LogP contribution in [0.4, 0.5) is 0 Å². The minimum atomic E-state index is -0.238. The van der Waals surface area contributed by atoms with Crippen LogP contribution in [0.2, 0.25) is 0 Å². The Hall–Kier alpha value is -1.39. The van der Waals surface area contributed by atoms with Gasteiger partial charge in [-0.25, -0.2) is 0 Å². The van der Waals surface area contributed by atoms with Crippen molar-refractivity contribution in [1.29, 1.82) is 0 Å². The Morgan fingerprint density at radius 3 is 2.89 bits per heavy atom. The minimum Gasteiger partial charge on any atom is -0.394 e. The van der Waals surface area contributed by atoms with E-state index in [1.165, 1.54) is 11.1 Å². The molecular formula is C15H21NO3. The highest BCUT2D eigenvalue weighted by molar-refractivity contribution is 5.79. The summed E-state index contributed by atoms with van der Waals surface area (Å²) in [7, 11) is 0. The number of aliphatic hydroxyl groups excluding tert-OH is 1. The van der Waals surface area contributed by atoms with Crippen molar-refractivity contribution in [2.24, 2.45) is 0 Å². The van der Waals surface area contributed by atoms with Gasteiger partial charge in [0.2, 0.25) is 5.91 Å². The lowest BCUT2D eigenvalue weighted by molar-refractivity contribution is -0.139. The molecule has 1 aromatic carbocycles. The second-order valence-corrected chi connectivity index (χ2v) is 5.11. The number of ether oxygens (including phenoxy) is 1. The first-order valence-corrected chi connectivity index (χ1v) is 6.66. The smallest absolute Gasteiger partial charge is 0.227 e. The summed E-state index contributed by atoms with van der Waals surface area (Å²) in [4.78, 5) is 14.0. The third-order valence-electron chi connectivity index (χ3n) is 3.62. The van der Waals surface area contributed by atoms with E-state index in [1.807, 2.05) is 12.1 Å². The predicted octanol–water partition coefficient (Wildman–Crippen LogP) is 1.07. The Morgan fingerprint density at radius 1 is 1.42 bits per heavy atom. The zero-order valence-corrected chi connectivity index (χ0v) is 11.6. The molecule has 19 heavy (non-hydrogen) atoms. The van der Waals surface area contributed by atoms with Crippen molar-refractivity contribution in [3.05, 3.63) is 34.9 Å². The van der Waals surface area contributed by atoms with Crippen LogP contribution in [0.25, 0.3) is 0 Å². The highest BCUT2D eigenvalue weighted by Gasteiger charge is 2.23. The fourth-order valence-corrected chi connectivity index (χ4v) is 2.26. The summed E-state index contributed by atoms with van der Waals surface area (Å²) in [6, 6.07) is 6.12. The van der Waals surface area contributed by atoms with Crippen LogP contribution in [0, 0.1) is 13.8 Å². The predicted molar refractivity (Wildman–Crippen MR) is 73.0 cm³/mol. The van der Waals surface area contributed by atoms with Crippen LogP contribution in [0.15, 0.2) is 18.2 Å². The largest absolute Gasteiger partial charge is 0.394 e. The second kappa shape index (κ2) is 6.17. The van der Waals surface area contributed by atoms with Gasteiger partial charge >= 0.3 is 0 Å². The van der Waals surface area contributed by atoms with Crippen LogP contribution in [0.5, 0.6) is 0 Å². The third-order valence-corrected chi connectivity index (χ3v) is 3.62. The van der Waals surface area contributed by atoms with Gasteiger partial charge in [0.15, 0.2) is 0 Å². The number of hydrogen-bond acceptors (Lipinski definition) is 3. The molecule has 104 valence electrons. The molecule has 0 radical (unpaired) electrons. The lowest BCUT2D eigenvalue weighted by atomic mass is 10.0. The molecule has 1 amide bonds. The van der Waals surface area contributed by atoms with Crippen LogP contribution in [-0.4, -0.2) is 48.3 Å². The molecule has 1 aliphatic heterocycles. The van der Waals surface area contributed by atoms with E-state index in [1.54, 1.807) is 4.90 Å². The molecule has 1 saturated heterocycles. The van der Waals surface area contributed by atoms with Crippen molar-refractivity contribution >= 4 is 5.91 Å². The molecule has 0 aliphatic carbocycles. The number of hydrogen-bond donors (Lipinski definition) is 1. The first kappa shape index (κ1) is 14.0. The standard InChI is InChI=1S/C15H21NO3/c1-11-3-4-13(7-12(11)2)8-15(18)16-5-6-19-14(9-16)10-17/h3-4,7,14,17H,5-6,8-10H2,1-2H3. The summed E-state index contributed by atoms with van der Waals surface area (Å²) in [5.41, 5.74) is 3.49. The molecule has 1 heterocycles. The molecular weight excluding hydrogens is 242 g/mol. The number of nitrogens with zero attached hydrogens (tertiary/aromatic N) is 1. The molecule has 2 rings (SSSR count). The van der Waals surface area contributed by atoms with E-state index in [-0.39, 0.29) is 18.6 Å². The van der Waals surface area contributed by atoms with Crippen molar-refractivity contribution in [1.82, 2.24) is 4.90 Å². The van der Waals surface area contributed by atoms with Gasteiger partial charge < -0.3 is 14.7 Å². The van der Waals surface area contributed by atoms with Crippen molar-refractivity contribution < 1.29 is 14.6 Å². The summed E-state index contributed by atoms with van der Waals surface area (Å²) in [5, 5.41) is 9.08. The summed E-state index contributed by atoms with van der Waals surface area (Å²) in [6.07, 6.45) is 0.177. The zero-order valence-electron chi connectivity index (χ0n) is 11.6. The molecule has 0 bridgehead atoms. The van der Waals surface area contributed by atoms with Gasteiger partial charge in [-0.15, -0.1) is 0 Å². The molecule has 1 aromatic rings. The molecule has 4 heteroatoms. The van der Waals surface area contributed by atoms with E-state index < -0.39 is 0 Å². The molecule has 0 saturated carbocycles. The number of benzene rings is 1. The van der Waals surface area contributed by atoms with Gasteiger partial charge in [-0.05, 0) is 30.5 Å². The summed E-state index contributed by atoms with van der Waals surface area (Å²) < 4.78 is 5.35. The fourth-order valence-electron chi connectivity index (χ4n) is 2.26. The first-order chi connectivity index (χ1) is 9.10. The highest BCUT2D eigenvalue weighted by Crippen LogP contribution is 2.13. The zero-order chi connectivity index (χ0) is 13.8. The quantitative estimate of drug-likeness (QED) is 0.887. The highest BCUT2D eigenvalue weighted by atomic mass is 16.5. The van der Waals surface area contributed by atoms with Crippen LogP contribution >= 0.6 is 0 Å². The number of morpholine rings is 1. The van der Waals surface area contributed by atoms with E-state index in [2.05, 4.69) is 19.9 Å². The normalized spacial score (nSPS) is 19.5. The van der Waals surface area contributed by atoms with Gasteiger partial charge in [0.1, 0.15) is 0 Å². The average molecular weight is 263 g/mol. The average Bonchev–Trinajstić information content (AvgIpc) is 2.43. The molecule has 0 spiro atoms. The molecule has 1 atom stereocenters. The van der Waals surface area contributed by atoms with Gasteiger partial charge in [0.05, 0.1) is 25.7 Å². The number of amides is 1. The Kier molecular flexibility index (Phi) is 4.56. The van der Waals surface area contributed by atoms with Crippen molar-refractivity contribution in [3.63, 3.8) is 0 Å². The van der Waals surface area contributed by atoms with Crippen LogP contribution in [0.3, 0.4) is 0 Å². The van der Waals surface area contributed by atoms with Crippen molar-refractivity contribution in [3.8, 4) is 0 Å². The van der Waals surface area contributed by atoms with Crippen molar-refractivity contribution in [2.75, 3.05) is 26.3 Å². The number of carbonyl (C=O) groups excluding carboxylic acids is 1. The molecule has 1 N–H and O–H groups in total. The molecule has 4 nitrogen and oxygen atoms in total. The van der Waals surface area contributed by atoms with E-state index in [4.69, 9.17) is 9.84 Å². The molecule has 0 aromatic heterocycles. The SMILES string of the molecule is Cc1ccc(CC(=O)N2CCOC(CO)C2)cc1C. The maximum absolute atomic E-state index is 12.2. The Bertz CT molecular complexity index is 459. The number of carbonyl (C=O) groups is 1. The first-order valence-electron chi connectivity index (χ1n) is 6.66. The van der Waals surface area contributed by atoms with Gasteiger partial charge in [-0.2, -0.15) is 0 Å². The summed E-state index contributed by atoms with van der Waals surface area (Å²) >= 11 is 0. The topological polar surface area (TPSA) is 49.8 Å². The Balaban J connectivity index is 1.98. The van der Waals surface area contributed by atoms with E-state index in [9.17, 15) is 4.79 Å². The number of aryl methyl sites for hydroxylation is 2. The number of rotatable bonds is 3. The summed E-state index contributed by atoms with van der Waals surface area (Å²) in [5.74, 6) is 0.102. The minimum absolute atomic E-state index is 0.0343. The molecule has 1 fully saturated rings. The second-order valence-electron chi connectivity index (χ2n) is 5.11. The van der Waals surface area contributed by atoms with Gasteiger partial charge in [-0.1, -0.05) is 18.2 Å². The Labute approximate surface area is 114 Å². The van der Waals surface area contributed by atoms with E-state index in [0.29, 0.717) is 26.1 Å². The van der Waals surface area contributed by atoms with Gasteiger partial charge in [-0.3, -0.25) is 4.79 Å². The van der Waals surface area contributed by atoms with Crippen LogP contribution in [0.1, 0.15) is 16.7 Å². The lowest BCUT2D eigenvalue weighted by Crippen LogP contribution is -2.47. The van der Waals surface area contributed by atoms with E-state index in [0.717, 1.165) is 5.56 Å². The molecule has 1 aliphatic rings. The van der Waals surface area contributed by atoms with Crippen LogP contribution in [-0.2, 0) is 16.0 Å². The third kappa shape index (κ3) is 3.55.